The highest BCUT2D eigenvalue weighted by molar-refractivity contribution is 5.78. The normalized spacial score (nSPS) is 15.6. The number of hydrogen-bond donors (Lipinski definition) is 1. The van der Waals surface area contributed by atoms with Gasteiger partial charge in [-0.1, -0.05) is 13.0 Å². The van der Waals surface area contributed by atoms with Gasteiger partial charge in [0, 0.05) is 25.5 Å². The van der Waals surface area contributed by atoms with Crippen LogP contribution in [0.15, 0.2) is 30.6 Å². The van der Waals surface area contributed by atoms with E-state index in [2.05, 4.69) is 10.1 Å². The van der Waals surface area contributed by atoms with E-state index in [0.29, 0.717) is 31.6 Å². The minimum atomic E-state index is -0.546. The van der Waals surface area contributed by atoms with Crippen molar-refractivity contribution < 1.29 is 9.90 Å². The summed E-state index contributed by atoms with van der Waals surface area (Å²) < 4.78 is 3.92. The van der Waals surface area contributed by atoms with Crippen molar-refractivity contribution in [3.8, 4) is 0 Å². The summed E-state index contributed by atoms with van der Waals surface area (Å²) in [6.07, 6.45) is 5.01. The number of aliphatic hydroxyl groups excluding tert-OH is 1. The maximum absolute atomic E-state index is 13.0. The van der Waals surface area contributed by atoms with Crippen LogP contribution in [-0.2, 0) is 24.3 Å². The summed E-state index contributed by atoms with van der Waals surface area (Å²) in [7, 11) is 0. The third-order valence-electron chi connectivity index (χ3n) is 5.25. The highest BCUT2D eigenvalue weighted by Crippen LogP contribution is 2.21. The highest BCUT2D eigenvalue weighted by atomic mass is 16.3. The standard InChI is InChI=1S/C20H25N5O2/c1-3-18(26)17-10-16-13-23(7-5-9-25(16)22-17)19(27)11-15-12-21-20-14(2)6-4-8-24(15)20/h4,6,8,10,12,18,26H,3,5,7,9,11,13H2,1-2H3/t18-/m0/s1. The molecule has 1 aliphatic heterocycles. The minimum Gasteiger partial charge on any atom is -0.387 e. The number of aryl methyl sites for hydroxylation is 2. The molecule has 4 rings (SSSR count). The topological polar surface area (TPSA) is 75.7 Å². The Hall–Kier alpha value is -2.67. The second-order valence-corrected chi connectivity index (χ2v) is 7.19. The fourth-order valence-corrected chi connectivity index (χ4v) is 3.67. The summed E-state index contributed by atoms with van der Waals surface area (Å²) >= 11 is 0. The van der Waals surface area contributed by atoms with Gasteiger partial charge in [-0.25, -0.2) is 4.98 Å². The number of pyridine rings is 1. The van der Waals surface area contributed by atoms with Crippen LogP contribution in [-0.4, -0.2) is 41.6 Å². The molecule has 0 aromatic carbocycles. The average Bonchev–Trinajstić information content (AvgIpc) is 3.20. The SMILES string of the molecule is CC[C@H](O)c1cc2n(n1)CCCN(C(=O)Cc1cnc3c(C)cccn13)C2. The number of nitrogens with zero attached hydrogens (tertiary/aromatic N) is 5. The summed E-state index contributed by atoms with van der Waals surface area (Å²) in [5, 5.41) is 14.6. The lowest BCUT2D eigenvalue weighted by Crippen LogP contribution is -2.32. The smallest absolute Gasteiger partial charge is 0.228 e. The molecule has 7 heteroatoms. The first-order valence-corrected chi connectivity index (χ1v) is 9.51. The molecule has 7 nitrogen and oxygen atoms in total. The van der Waals surface area contributed by atoms with E-state index in [1.165, 1.54) is 0 Å². The Bertz CT molecular complexity index is 974. The monoisotopic (exact) mass is 367 g/mol. The average molecular weight is 367 g/mol. The first-order chi connectivity index (χ1) is 13.1. The van der Waals surface area contributed by atoms with Crippen molar-refractivity contribution in [2.24, 2.45) is 0 Å². The lowest BCUT2D eigenvalue weighted by atomic mass is 10.2. The fraction of sp³-hybridized carbons (Fsp3) is 0.450. The molecule has 1 atom stereocenters. The molecule has 0 saturated heterocycles. The van der Waals surface area contributed by atoms with Crippen LogP contribution in [0.4, 0.5) is 0 Å². The van der Waals surface area contributed by atoms with Crippen LogP contribution < -0.4 is 0 Å². The molecule has 1 amide bonds. The molecule has 3 aromatic heterocycles. The van der Waals surface area contributed by atoms with E-state index in [0.717, 1.165) is 35.6 Å². The van der Waals surface area contributed by atoms with Crippen LogP contribution in [0.5, 0.6) is 0 Å². The van der Waals surface area contributed by atoms with Crippen molar-refractivity contribution in [3.63, 3.8) is 0 Å². The van der Waals surface area contributed by atoms with Gasteiger partial charge in [-0.2, -0.15) is 5.10 Å². The van der Waals surface area contributed by atoms with E-state index in [1.807, 2.05) is 52.2 Å². The van der Waals surface area contributed by atoms with Crippen LogP contribution in [0.2, 0.25) is 0 Å². The maximum Gasteiger partial charge on any atom is 0.228 e. The molecule has 27 heavy (non-hydrogen) atoms. The van der Waals surface area contributed by atoms with Gasteiger partial charge in [0.05, 0.1) is 36.2 Å². The zero-order chi connectivity index (χ0) is 19.0. The van der Waals surface area contributed by atoms with Crippen LogP contribution in [0, 0.1) is 6.92 Å². The van der Waals surface area contributed by atoms with Crippen molar-refractivity contribution in [3.05, 3.63) is 53.2 Å². The van der Waals surface area contributed by atoms with Crippen molar-refractivity contribution in [1.82, 2.24) is 24.1 Å². The molecule has 4 heterocycles. The van der Waals surface area contributed by atoms with Crippen molar-refractivity contribution in [2.45, 2.75) is 52.3 Å². The Labute approximate surface area is 158 Å². The number of carbonyl (C=O) groups is 1. The van der Waals surface area contributed by atoms with E-state index in [4.69, 9.17) is 0 Å². The predicted molar refractivity (Wildman–Crippen MR) is 101 cm³/mol. The molecule has 142 valence electrons. The molecule has 1 N–H and O–H groups in total. The summed E-state index contributed by atoms with van der Waals surface area (Å²) in [6.45, 7) is 5.96. The van der Waals surface area contributed by atoms with Gasteiger partial charge in [0.15, 0.2) is 0 Å². The molecule has 0 aliphatic carbocycles. The van der Waals surface area contributed by atoms with Crippen molar-refractivity contribution in [1.29, 1.82) is 0 Å². The second kappa shape index (κ2) is 7.15. The van der Waals surface area contributed by atoms with Crippen LogP contribution in [0.3, 0.4) is 0 Å². The van der Waals surface area contributed by atoms with Gasteiger partial charge in [0.2, 0.25) is 5.91 Å². The summed E-state index contributed by atoms with van der Waals surface area (Å²) in [5.74, 6) is 0.0885. The molecule has 0 spiro atoms. The first kappa shape index (κ1) is 17.7. The number of amides is 1. The molecule has 0 fully saturated rings. The van der Waals surface area contributed by atoms with Crippen LogP contribution >= 0.6 is 0 Å². The zero-order valence-electron chi connectivity index (χ0n) is 15.8. The molecular formula is C20H25N5O2. The minimum absolute atomic E-state index is 0.0885. The van der Waals surface area contributed by atoms with Gasteiger partial charge in [-0.3, -0.25) is 9.48 Å². The van der Waals surface area contributed by atoms with Crippen molar-refractivity contribution >= 4 is 11.6 Å². The maximum atomic E-state index is 13.0. The lowest BCUT2D eigenvalue weighted by molar-refractivity contribution is -0.131. The van der Waals surface area contributed by atoms with Gasteiger partial charge < -0.3 is 14.4 Å². The zero-order valence-corrected chi connectivity index (χ0v) is 15.8. The Balaban J connectivity index is 1.53. The van der Waals surface area contributed by atoms with E-state index in [-0.39, 0.29) is 5.91 Å². The van der Waals surface area contributed by atoms with E-state index in [1.54, 1.807) is 6.20 Å². The second-order valence-electron chi connectivity index (χ2n) is 7.19. The Morgan fingerprint density at radius 2 is 2.22 bits per heavy atom. The molecule has 0 saturated carbocycles. The largest absolute Gasteiger partial charge is 0.387 e. The van der Waals surface area contributed by atoms with E-state index in [9.17, 15) is 9.90 Å². The summed E-state index contributed by atoms with van der Waals surface area (Å²) in [5.41, 5.74) is 4.57. The number of aliphatic hydroxyl groups is 1. The molecule has 0 unspecified atom stereocenters. The molecule has 0 bridgehead atoms. The molecule has 0 radical (unpaired) electrons. The Kier molecular flexibility index (Phi) is 4.70. The summed E-state index contributed by atoms with van der Waals surface area (Å²) in [6, 6.07) is 5.92. The molecule has 3 aromatic rings. The number of imidazole rings is 1. The summed E-state index contributed by atoms with van der Waals surface area (Å²) in [4.78, 5) is 19.3. The van der Waals surface area contributed by atoms with Gasteiger partial charge in [-0.05, 0) is 37.5 Å². The van der Waals surface area contributed by atoms with Gasteiger partial charge in [0.25, 0.3) is 0 Å². The number of fused-ring (bicyclic) bond motifs is 2. The Morgan fingerprint density at radius 1 is 1.37 bits per heavy atom. The molecule has 1 aliphatic rings. The van der Waals surface area contributed by atoms with E-state index < -0.39 is 6.10 Å². The van der Waals surface area contributed by atoms with Crippen molar-refractivity contribution in [2.75, 3.05) is 6.54 Å². The third-order valence-corrected chi connectivity index (χ3v) is 5.25. The van der Waals surface area contributed by atoms with Crippen LogP contribution in [0.1, 0.15) is 48.5 Å². The fourth-order valence-electron chi connectivity index (χ4n) is 3.67. The quantitative estimate of drug-likeness (QED) is 0.767. The van der Waals surface area contributed by atoms with Crippen LogP contribution in [0.25, 0.3) is 5.65 Å². The Morgan fingerprint density at radius 3 is 3.04 bits per heavy atom. The van der Waals surface area contributed by atoms with Gasteiger partial charge in [-0.15, -0.1) is 0 Å². The number of rotatable bonds is 4. The number of carbonyl (C=O) groups excluding carboxylic acids is 1. The molecular weight excluding hydrogens is 342 g/mol. The number of hydrogen-bond acceptors (Lipinski definition) is 4. The highest BCUT2D eigenvalue weighted by Gasteiger charge is 2.23. The van der Waals surface area contributed by atoms with E-state index >= 15 is 0 Å². The van der Waals surface area contributed by atoms with Gasteiger partial charge >= 0.3 is 0 Å². The predicted octanol–water partition coefficient (Wildman–Crippen LogP) is 2.26. The first-order valence-electron chi connectivity index (χ1n) is 9.51. The number of aromatic nitrogens is 4. The van der Waals surface area contributed by atoms with Gasteiger partial charge in [0.1, 0.15) is 5.65 Å². The lowest BCUT2D eigenvalue weighted by Gasteiger charge is -2.20. The third kappa shape index (κ3) is 3.35.